The number of benzene rings is 4. The number of rotatable bonds is 12. The number of carboxylic acid groups (broad SMARTS) is 1. The molecular formula is C59H80N2O6. The molecule has 4 atom stereocenters. The van der Waals surface area contributed by atoms with Gasteiger partial charge in [0.05, 0.1) is 31.2 Å². The van der Waals surface area contributed by atoms with Crippen molar-refractivity contribution < 1.29 is 28.9 Å². The van der Waals surface area contributed by atoms with Crippen molar-refractivity contribution in [2.75, 3.05) is 33.3 Å². The van der Waals surface area contributed by atoms with E-state index in [4.69, 9.17) is 14.2 Å². The number of ether oxygens (including phenoxy) is 3. The van der Waals surface area contributed by atoms with Gasteiger partial charge in [0.1, 0.15) is 11.5 Å². The standard InChI is InChI=1S/C30H41NO3.C29H39NO3/c1-30(2)13-11-27(12-14-30)34-28-10-9-23-15-21(7-8-24(23)17-28)18-31-19-26(20-31)22-5-4-6-25(16-22)29(32)33-3;1-29(2)12-10-26(11-13-29)33-27-9-8-22-14-20(6-7-23(22)16-27)17-30-18-25(19-30)21-4-3-5-24(15-21)28(31)32/h7-10,15,17,22,25-27H,4-6,11-14,16,18-20H2,1-3H3;6-9,14,16,21,24-26H,3-5,10-13,15,17-19H2,1-2H3,(H,31,32). The third kappa shape index (κ3) is 12.4. The third-order valence-electron chi connectivity index (χ3n) is 17.4. The fourth-order valence-electron chi connectivity index (χ4n) is 12.8. The largest absolute Gasteiger partial charge is 0.490 e. The molecule has 0 bridgehead atoms. The number of carbonyl (C=O) groups is 2. The van der Waals surface area contributed by atoms with Gasteiger partial charge in [-0.2, -0.15) is 0 Å². The molecule has 0 spiro atoms. The second kappa shape index (κ2) is 20.8. The molecule has 8 nitrogen and oxygen atoms in total. The topological polar surface area (TPSA) is 88.5 Å². The van der Waals surface area contributed by atoms with Crippen molar-refractivity contribution >= 4 is 33.5 Å². The SMILES string of the molecule is CC1(C)CCC(Oc2ccc3cc(CN4CC(C5CCCC(C(=O)O)C5)C4)ccc3c2)CC1.COC(=O)C1CCCC(C2CN(Cc3ccc4cc(OC5CCC(C)(C)CC5)ccc4c3)C2)C1. The first kappa shape index (κ1) is 47.9. The second-order valence-electron chi connectivity index (χ2n) is 23.7. The van der Waals surface area contributed by atoms with Crippen molar-refractivity contribution in [1.29, 1.82) is 0 Å². The van der Waals surface area contributed by atoms with E-state index >= 15 is 0 Å². The van der Waals surface area contributed by atoms with Crippen molar-refractivity contribution in [3.8, 4) is 11.5 Å². The quantitative estimate of drug-likeness (QED) is 0.141. The summed E-state index contributed by atoms with van der Waals surface area (Å²) in [5.74, 6) is 4.10. The average Bonchev–Trinajstić information content (AvgIpc) is 3.30. The van der Waals surface area contributed by atoms with Crippen LogP contribution < -0.4 is 9.47 Å². The molecule has 6 aliphatic rings. The molecule has 1 N–H and O–H groups in total. The summed E-state index contributed by atoms with van der Waals surface area (Å²) in [6.07, 6.45) is 18.8. The minimum absolute atomic E-state index is 0.00621. The molecule has 2 aliphatic heterocycles. The van der Waals surface area contributed by atoms with E-state index in [0.717, 1.165) is 121 Å². The summed E-state index contributed by atoms with van der Waals surface area (Å²) >= 11 is 0. The van der Waals surface area contributed by atoms with E-state index in [1.54, 1.807) is 0 Å². The summed E-state index contributed by atoms with van der Waals surface area (Å²) in [6.45, 7) is 16.0. The molecule has 2 saturated heterocycles. The number of methoxy groups -OCH3 is 1. The van der Waals surface area contributed by atoms with Gasteiger partial charge >= 0.3 is 11.9 Å². The molecule has 4 aliphatic carbocycles. The van der Waals surface area contributed by atoms with Gasteiger partial charge in [-0.15, -0.1) is 0 Å². The number of hydrogen-bond acceptors (Lipinski definition) is 7. The van der Waals surface area contributed by atoms with E-state index in [9.17, 15) is 14.7 Å². The van der Waals surface area contributed by atoms with Crippen molar-refractivity contribution in [2.24, 2.45) is 46.3 Å². The zero-order chi connectivity index (χ0) is 46.7. The Balaban J connectivity index is 0.000000168. The highest BCUT2D eigenvalue weighted by molar-refractivity contribution is 5.85. The van der Waals surface area contributed by atoms with Crippen LogP contribution in [0.5, 0.6) is 11.5 Å². The maximum absolute atomic E-state index is 12.0. The summed E-state index contributed by atoms with van der Waals surface area (Å²) in [5.41, 5.74) is 3.67. The fraction of sp³-hybridized carbons (Fsp3) is 0.627. The summed E-state index contributed by atoms with van der Waals surface area (Å²) in [6, 6.07) is 26.8. The van der Waals surface area contributed by atoms with Crippen LogP contribution in [0.1, 0.15) is 142 Å². The lowest BCUT2D eigenvalue weighted by molar-refractivity contribution is -0.148. The first-order valence-corrected chi connectivity index (χ1v) is 26.4. The molecule has 0 amide bonds. The summed E-state index contributed by atoms with van der Waals surface area (Å²) < 4.78 is 17.7. The van der Waals surface area contributed by atoms with Crippen LogP contribution in [0.3, 0.4) is 0 Å². The zero-order valence-corrected chi connectivity index (χ0v) is 41.5. The van der Waals surface area contributed by atoms with E-state index in [2.05, 4.69) is 110 Å². The number of aliphatic carboxylic acids is 1. The lowest BCUT2D eigenvalue weighted by Crippen LogP contribution is -2.50. The number of fused-ring (bicyclic) bond motifs is 2. The van der Waals surface area contributed by atoms with E-state index in [1.807, 2.05) is 0 Å². The van der Waals surface area contributed by atoms with Crippen LogP contribution in [0.4, 0.5) is 0 Å². The number of nitrogens with zero attached hydrogens (tertiary/aromatic N) is 2. The van der Waals surface area contributed by atoms with E-state index in [0.29, 0.717) is 40.8 Å². The van der Waals surface area contributed by atoms with Gasteiger partial charge in [-0.1, -0.05) is 89.8 Å². The molecule has 4 aromatic carbocycles. The smallest absolute Gasteiger partial charge is 0.308 e. The van der Waals surface area contributed by atoms with Crippen LogP contribution >= 0.6 is 0 Å². The summed E-state index contributed by atoms with van der Waals surface area (Å²) in [7, 11) is 1.52. The first-order chi connectivity index (χ1) is 32.2. The van der Waals surface area contributed by atoms with Gasteiger partial charge in [0.15, 0.2) is 0 Å². The molecule has 67 heavy (non-hydrogen) atoms. The van der Waals surface area contributed by atoms with Crippen LogP contribution in [-0.2, 0) is 27.4 Å². The monoisotopic (exact) mass is 913 g/mol. The maximum Gasteiger partial charge on any atom is 0.308 e. The van der Waals surface area contributed by atoms with Gasteiger partial charge in [-0.25, -0.2) is 0 Å². The second-order valence-corrected chi connectivity index (χ2v) is 23.7. The van der Waals surface area contributed by atoms with Gasteiger partial charge in [0.2, 0.25) is 0 Å². The van der Waals surface area contributed by atoms with Crippen LogP contribution in [0.15, 0.2) is 72.8 Å². The Bertz CT molecular complexity index is 2310. The lowest BCUT2D eigenvalue weighted by Gasteiger charge is -2.45. The lowest BCUT2D eigenvalue weighted by atomic mass is 9.72. The van der Waals surface area contributed by atoms with Crippen LogP contribution in [-0.4, -0.2) is 72.3 Å². The molecular weight excluding hydrogens is 833 g/mol. The molecule has 10 rings (SSSR count). The minimum atomic E-state index is -0.594. The van der Waals surface area contributed by atoms with Gasteiger partial charge in [-0.05, 0) is 181 Å². The van der Waals surface area contributed by atoms with Gasteiger partial charge < -0.3 is 19.3 Å². The highest BCUT2D eigenvalue weighted by atomic mass is 16.5. The first-order valence-electron chi connectivity index (χ1n) is 26.4. The molecule has 4 unspecified atom stereocenters. The van der Waals surface area contributed by atoms with Gasteiger partial charge in [0.25, 0.3) is 0 Å². The molecule has 2 heterocycles. The predicted octanol–water partition coefficient (Wildman–Crippen LogP) is 13.1. The zero-order valence-electron chi connectivity index (χ0n) is 41.5. The Morgan fingerprint density at radius 3 is 1.37 bits per heavy atom. The van der Waals surface area contributed by atoms with Crippen LogP contribution in [0.2, 0.25) is 0 Å². The Labute approximate surface area is 401 Å². The third-order valence-corrected chi connectivity index (χ3v) is 17.4. The highest BCUT2D eigenvalue weighted by Crippen LogP contribution is 2.42. The van der Waals surface area contributed by atoms with Gasteiger partial charge in [-0.3, -0.25) is 19.4 Å². The fourth-order valence-corrected chi connectivity index (χ4v) is 12.8. The Hall–Kier alpha value is -4.14. The number of hydrogen-bond donors (Lipinski definition) is 1. The Morgan fingerprint density at radius 2 is 0.940 bits per heavy atom. The molecule has 4 saturated carbocycles. The number of likely N-dealkylation sites (tertiary alicyclic amines) is 2. The number of carbonyl (C=O) groups excluding carboxylic acids is 1. The average molecular weight is 913 g/mol. The number of esters is 1. The minimum Gasteiger partial charge on any atom is -0.490 e. The molecule has 4 aromatic rings. The van der Waals surface area contributed by atoms with Crippen LogP contribution in [0, 0.1) is 46.3 Å². The maximum atomic E-state index is 12.0. The van der Waals surface area contributed by atoms with Gasteiger partial charge in [0, 0.05) is 39.3 Å². The molecule has 0 radical (unpaired) electrons. The van der Waals surface area contributed by atoms with E-state index in [1.165, 1.54) is 78.3 Å². The summed E-state index contributed by atoms with van der Waals surface area (Å²) in [5, 5.41) is 14.4. The van der Waals surface area contributed by atoms with Crippen molar-refractivity contribution in [3.63, 3.8) is 0 Å². The van der Waals surface area contributed by atoms with E-state index in [-0.39, 0.29) is 17.8 Å². The number of carboxylic acids is 1. The van der Waals surface area contributed by atoms with E-state index < -0.39 is 5.97 Å². The molecule has 6 fully saturated rings. The molecule has 0 aromatic heterocycles. The van der Waals surface area contributed by atoms with Crippen LogP contribution in [0.25, 0.3) is 21.5 Å². The highest BCUT2D eigenvalue weighted by Gasteiger charge is 2.39. The normalized spacial score (nSPS) is 26.5. The van der Waals surface area contributed by atoms with Crippen molar-refractivity contribution in [3.05, 3.63) is 83.9 Å². The summed E-state index contributed by atoms with van der Waals surface area (Å²) in [4.78, 5) is 28.4. The Kier molecular flexibility index (Phi) is 14.9. The van der Waals surface area contributed by atoms with Crippen molar-refractivity contribution in [1.82, 2.24) is 9.80 Å². The molecule has 362 valence electrons. The molecule has 8 heteroatoms. The predicted molar refractivity (Wildman–Crippen MR) is 269 cm³/mol. The Morgan fingerprint density at radius 1 is 0.537 bits per heavy atom. The van der Waals surface area contributed by atoms with Crippen molar-refractivity contribution in [2.45, 2.75) is 156 Å².